The fourth-order valence-corrected chi connectivity index (χ4v) is 8.25. The molecule has 5 rings (SSSR count). The predicted molar refractivity (Wildman–Crippen MR) is 147 cm³/mol. The number of hydrogen-bond acceptors (Lipinski definition) is 8. The Hall–Kier alpha value is -2.17. The van der Waals surface area contributed by atoms with Crippen LogP contribution in [-0.4, -0.2) is 39.0 Å². The maximum absolute atomic E-state index is 13.0. The third-order valence-corrected chi connectivity index (χ3v) is 9.97. The number of carbonyl (C=O) groups excluding carboxylic acids is 2. The van der Waals surface area contributed by atoms with Crippen LogP contribution < -0.4 is 5.32 Å². The molecular formula is C26H32N4O3S3. The van der Waals surface area contributed by atoms with E-state index in [9.17, 15) is 9.59 Å². The van der Waals surface area contributed by atoms with Gasteiger partial charge in [-0.2, -0.15) is 0 Å². The Morgan fingerprint density at radius 1 is 1.06 bits per heavy atom. The molecule has 7 nitrogen and oxygen atoms in total. The summed E-state index contributed by atoms with van der Waals surface area (Å²) in [5.74, 6) is 0.625. The van der Waals surface area contributed by atoms with Crippen molar-refractivity contribution in [1.82, 2.24) is 14.8 Å². The summed E-state index contributed by atoms with van der Waals surface area (Å²) in [5, 5.41) is 15.6. The first kappa shape index (κ1) is 25.5. The summed E-state index contributed by atoms with van der Waals surface area (Å²) < 4.78 is 7.47. The van der Waals surface area contributed by atoms with Gasteiger partial charge in [0.15, 0.2) is 11.0 Å². The van der Waals surface area contributed by atoms with E-state index < -0.39 is 0 Å². The fraction of sp³-hybridized carbons (Fsp3) is 0.538. The first-order valence-electron chi connectivity index (χ1n) is 12.9. The lowest BCUT2D eigenvalue weighted by atomic mass is 9.95. The van der Waals surface area contributed by atoms with Gasteiger partial charge in [-0.1, -0.05) is 18.7 Å². The van der Waals surface area contributed by atoms with E-state index in [0.29, 0.717) is 17.2 Å². The van der Waals surface area contributed by atoms with Crippen LogP contribution in [0.25, 0.3) is 11.4 Å². The number of aromatic nitrogens is 3. The molecule has 1 amide bonds. The quantitative estimate of drug-likeness (QED) is 0.257. The van der Waals surface area contributed by atoms with Gasteiger partial charge >= 0.3 is 5.97 Å². The lowest BCUT2D eigenvalue weighted by molar-refractivity contribution is -0.113. The van der Waals surface area contributed by atoms with Crippen molar-refractivity contribution in [2.75, 3.05) is 17.7 Å². The molecule has 0 saturated heterocycles. The number of carbonyl (C=O) groups is 2. The lowest BCUT2D eigenvalue weighted by Gasteiger charge is -2.14. The van der Waals surface area contributed by atoms with Crippen LogP contribution in [0, 0.1) is 0 Å². The molecule has 0 aromatic carbocycles. The van der Waals surface area contributed by atoms with Crippen LogP contribution in [0.5, 0.6) is 0 Å². The van der Waals surface area contributed by atoms with Gasteiger partial charge < -0.3 is 14.6 Å². The number of thioether (sulfide) groups is 1. The van der Waals surface area contributed by atoms with Crippen molar-refractivity contribution in [2.24, 2.45) is 0 Å². The van der Waals surface area contributed by atoms with E-state index in [1.54, 1.807) is 6.92 Å². The van der Waals surface area contributed by atoms with E-state index in [4.69, 9.17) is 4.74 Å². The van der Waals surface area contributed by atoms with Crippen molar-refractivity contribution in [2.45, 2.75) is 83.3 Å². The monoisotopic (exact) mass is 544 g/mol. The van der Waals surface area contributed by atoms with Crippen molar-refractivity contribution < 1.29 is 14.3 Å². The molecule has 0 fully saturated rings. The van der Waals surface area contributed by atoms with Gasteiger partial charge in [-0.3, -0.25) is 4.79 Å². The zero-order valence-corrected chi connectivity index (χ0v) is 23.3. The fourth-order valence-electron chi connectivity index (χ4n) is 5.07. The molecule has 1 N–H and O–H groups in total. The number of hydrogen-bond donors (Lipinski definition) is 1. The standard InChI is InChI=1S/C26H32N4O3S3/c1-3-13-30-23(18-14-34-19-11-7-5-9-16(18)19)28-29-26(30)35-15-21(31)27-24-22(25(32)33-4-2)17-10-6-8-12-20(17)36-24/h14H,3-13,15H2,1-2H3,(H,27,31). The van der Waals surface area contributed by atoms with Crippen molar-refractivity contribution in [3.05, 3.63) is 31.8 Å². The third kappa shape index (κ3) is 5.13. The molecule has 0 aliphatic heterocycles. The summed E-state index contributed by atoms with van der Waals surface area (Å²) in [6, 6.07) is 0. The minimum absolute atomic E-state index is 0.148. The minimum Gasteiger partial charge on any atom is -0.462 e. The van der Waals surface area contributed by atoms with Crippen molar-refractivity contribution >= 4 is 51.3 Å². The predicted octanol–water partition coefficient (Wildman–Crippen LogP) is 6.14. The maximum atomic E-state index is 13.0. The second-order valence-electron chi connectivity index (χ2n) is 9.19. The summed E-state index contributed by atoms with van der Waals surface area (Å²) in [6.45, 7) is 5.07. The molecular weight excluding hydrogens is 513 g/mol. The number of thiophene rings is 2. The number of esters is 1. The highest BCUT2D eigenvalue weighted by atomic mass is 32.2. The Morgan fingerprint density at radius 3 is 2.58 bits per heavy atom. The Balaban J connectivity index is 1.32. The summed E-state index contributed by atoms with van der Waals surface area (Å²) >= 11 is 4.75. The van der Waals surface area contributed by atoms with Crippen LogP contribution in [0.15, 0.2) is 10.5 Å². The van der Waals surface area contributed by atoms with Crippen LogP contribution in [0.3, 0.4) is 0 Å². The summed E-state index contributed by atoms with van der Waals surface area (Å²) in [5.41, 5.74) is 4.24. The smallest absolute Gasteiger partial charge is 0.341 e. The van der Waals surface area contributed by atoms with Crippen LogP contribution in [0.4, 0.5) is 5.00 Å². The SMILES string of the molecule is CCCn1c(SCC(=O)Nc2sc3c(c2C(=O)OCC)CCCC3)nnc1-c1csc2c1CCCC2. The number of ether oxygens (including phenoxy) is 1. The van der Waals surface area contributed by atoms with Crippen molar-refractivity contribution in [3.63, 3.8) is 0 Å². The van der Waals surface area contributed by atoms with Gasteiger partial charge in [0.1, 0.15) is 5.00 Å². The normalized spacial score (nSPS) is 14.8. The summed E-state index contributed by atoms with van der Waals surface area (Å²) in [6.07, 6.45) is 9.68. The zero-order chi connectivity index (χ0) is 25.1. The third-order valence-electron chi connectivity index (χ3n) is 6.70. The molecule has 0 saturated carbocycles. The number of rotatable bonds is 9. The van der Waals surface area contributed by atoms with Gasteiger partial charge in [0, 0.05) is 27.2 Å². The van der Waals surface area contributed by atoms with E-state index in [0.717, 1.165) is 68.0 Å². The first-order valence-corrected chi connectivity index (χ1v) is 15.6. The van der Waals surface area contributed by atoms with Crippen LogP contribution >= 0.6 is 34.4 Å². The Morgan fingerprint density at radius 2 is 1.81 bits per heavy atom. The number of nitrogens with zero attached hydrogens (tertiary/aromatic N) is 3. The average Bonchev–Trinajstić information content (AvgIpc) is 3.58. The van der Waals surface area contributed by atoms with E-state index in [2.05, 4.69) is 32.4 Å². The van der Waals surface area contributed by atoms with Gasteiger partial charge in [-0.15, -0.1) is 32.9 Å². The molecule has 36 heavy (non-hydrogen) atoms. The zero-order valence-electron chi connectivity index (χ0n) is 20.9. The average molecular weight is 545 g/mol. The van der Waals surface area contributed by atoms with Crippen molar-refractivity contribution in [3.8, 4) is 11.4 Å². The summed E-state index contributed by atoms with van der Waals surface area (Å²) in [7, 11) is 0. The van der Waals surface area contributed by atoms with E-state index in [1.165, 1.54) is 56.8 Å². The molecule has 0 unspecified atom stereocenters. The molecule has 0 atom stereocenters. The second-order valence-corrected chi connectivity index (χ2v) is 12.2. The Bertz CT molecular complexity index is 1260. The van der Waals surface area contributed by atoms with E-state index in [1.807, 2.05) is 11.3 Å². The van der Waals surface area contributed by atoms with Gasteiger partial charge in [-0.05, 0) is 75.8 Å². The van der Waals surface area contributed by atoms with Crippen LogP contribution in [-0.2, 0) is 41.8 Å². The van der Waals surface area contributed by atoms with Gasteiger partial charge in [0.05, 0.1) is 17.9 Å². The topological polar surface area (TPSA) is 86.1 Å². The highest BCUT2D eigenvalue weighted by Crippen LogP contribution is 2.39. The van der Waals surface area contributed by atoms with Crippen LogP contribution in [0.2, 0.25) is 0 Å². The number of aryl methyl sites for hydroxylation is 2. The van der Waals surface area contributed by atoms with Crippen LogP contribution in [0.1, 0.15) is 77.2 Å². The molecule has 3 aromatic rings. The molecule has 3 heterocycles. The van der Waals surface area contributed by atoms with Crippen molar-refractivity contribution in [1.29, 1.82) is 0 Å². The molecule has 2 aliphatic rings. The molecule has 2 aliphatic carbocycles. The molecule has 0 radical (unpaired) electrons. The van der Waals surface area contributed by atoms with Gasteiger partial charge in [0.2, 0.25) is 5.91 Å². The second kappa shape index (κ2) is 11.5. The summed E-state index contributed by atoms with van der Waals surface area (Å²) in [4.78, 5) is 28.4. The van der Waals surface area contributed by atoms with Gasteiger partial charge in [0.25, 0.3) is 0 Å². The Kier molecular flexibility index (Phi) is 8.12. The number of anilines is 1. The molecule has 10 heteroatoms. The highest BCUT2D eigenvalue weighted by molar-refractivity contribution is 7.99. The molecule has 3 aromatic heterocycles. The molecule has 0 spiro atoms. The Labute approximate surface area is 224 Å². The van der Waals surface area contributed by atoms with E-state index in [-0.39, 0.29) is 17.6 Å². The minimum atomic E-state index is -0.341. The van der Waals surface area contributed by atoms with E-state index >= 15 is 0 Å². The number of amides is 1. The largest absolute Gasteiger partial charge is 0.462 e. The number of fused-ring (bicyclic) bond motifs is 2. The lowest BCUT2D eigenvalue weighted by Crippen LogP contribution is -2.17. The number of nitrogens with one attached hydrogen (secondary N) is 1. The maximum Gasteiger partial charge on any atom is 0.341 e. The molecule has 0 bridgehead atoms. The van der Waals surface area contributed by atoms with Gasteiger partial charge in [-0.25, -0.2) is 4.79 Å². The molecule has 192 valence electrons. The highest BCUT2D eigenvalue weighted by Gasteiger charge is 2.28. The first-order chi connectivity index (χ1) is 17.6.